The van der Waals surface area contributed by atoms with Crippen LogP contribution in [0.25, 0.3) is 10.9 Å². The average Bonchev–Trinajstić information content (AvgIpc) is 3.08. The van der Waals surface area contributed by atoms with Crippen LogP contribution in [-0.2, 0) is 19.5 Å². The second kappa shape index (κ2) is 8.04. The maximum absolute atomic E-state index is 12.7. The molecule has 2 aromatic heterocycles. The van der Waals surface area contributed by atoms with Gasteiger partial charge in [-0.15, -0.1) is 0 Å². The zero-order chi connectivity index (χ0) is 21.5. The van der Waals surface area contributed by atoms with Crippen molar-refractivity contribution in [2.24, 2.45) is 5.92 Å². The van der Waals surface area contributed by atoms with Crippen molar-refractivity contribution in [2.75, 3.05) is 31.6 Å². The van der Waals surface area contributed by atoms with E-state index in [9.17, 15) is 4.79 Å². The van der Waals surface area contributed by atoms with E-state index in [4.69, 9.17) is 9.72 Å². The van der Waals surface area contributed by atoms with Crippen molar-refractivity contribution in [3.8, 4) is 5.75 Å². The number of nitrogens with zero attached hydrogens (tertiary/aromatic N) is 3. The van der Waals surface area contributed by atoms with Gasteiger partial charge in [0.2, 0.25) is 5.95 Å². The normalized spacial score (nSPS) is 19.6. The molecule has 0 unspecified atom stereocenters. The molecule has 4 heterocycles. The number of hydrogen-bond donors (Lipinski definition) is 2. The number of rotatable bonds is 4. The van der Waals surface area contributed by atoms with Crippen LogP contribution in [0.2, 0.25) is 0 Å². The molecule has 31 heavy (non-hydrogen) atoms. The number of methoxy groups -OCH3 is 1. The zero-order valence-electron chi connectivity index (χ0n) is 18.6. The summed E-state index contributed by atoms with van der Waals surface area (Å²) < 4.78 is 5.39. The topological polar surface area (TPSA) is 77.2 Å². The highest BCUT2D eigenvalue weighted by molar-refractivity contribution is 5.85. The monoisotopic (exact) mass is 421 g/mol. The Morgan fingerprint density at radius 3 is 2.94 bits per heavy atom. The smallest absolute Gasteiger partial charge is 0.255 e. The fourth-order valence-corrected chi connectivity index (χ4v) is 5.02. The molecule has 0 spiro atoms. The summed E-state index contributed by atoms with van der Waals surface area (Å²) in [6.07, 6.45) is 3.13. The molecule has 0 radical (unpaired) electrons. The van der Waals surface area contributed by atoms with Gasteiger partial charge in [-0.3, -0.25) is 14.7 Å². The van der Waals surface area contributed by atoms with Crippen LogP contribution in [-0.4, -0.2) is 46.6 Å². The van der Waals surface area contributed by atoms with Gasteiger partial charge in [-0.05, 0) is 55.9 Å². The summed E-state index contributed by atoms with van der Waals surface area (Å²) in [5.74, 6) is 2.25. The molecule has 2 aliphatic rings. The lowest BCUT2D eigenvalue weighted by molar-refractivity contribution is 0.237. The number of ether oxygens (including phenoxy) is 1. The third kappa shape index (κ3) is 3.82. The minimum absolute atomic E-state index is 0.0340. The van der Waals surface area contributed by atoms with Crippen LogP contribution in [0.15, 0.2) is 23.0 Å². The number of fused-ring (bicyclic) bond motifs is 2. The molecule has 0 bridgehead atoms. The first-order chi connectivity index (χ1) is 15.0. The van der Waals surface area contributed by atoms with E-state index in [-0.39, 0.29) is 5.56 Å². The first kappa shape index (κ1) is 20.1. The number of benzene rings is 1. The van der Waals surface area contributed by atoms with Crippen molar-refractivity contribution in [3.63, 3.8) is 0 Å². The Hall–Kier alpha value is -2.80. The quantitative estimate of drug-likeness (QED) is 0.676. The van der Waals surface area contributed by atoms with Crippen LogP contribution < -0.4 is 15.2 Å². The second-order valence-corrected chi connectivity index (χ2v) is 9.11. The molecule has 1 fully saturated rings. The zero-order valence-corrected chi connectivity index (χ0v) is 18.6. The minimum atomic E-state index is 0.0340. The third-order valence-electron chi connectivity index (χ3n) is 6.85. The standard InChI is InChI=1S/C24H31N5O2/c1-15-5-4-9-29(12-15)24-26-22-14-28(10-8-18(22)23(30)27-24)13-21-16(2)19-11-17(31-3)6-7-20(19)25-21/h6-7,11,15,25H,4-5,8-10,12-14H2,1-3H3,(H,26,27,30)/t15-/m0/s1. The Morgan fingerprint density at radius 1 is 1.26 bits per heavy atom. The van der Waals surface area contributed by atoms with E-state index >= 15 is 0 Å². The first-order valence-electron chi connectivity index (χ1n) is 11.3. The number of aromatic nitrogens is 3. The SMILES string of the molecule is COc1ccc2[nH]c(CN3CCc4c(nc(N5CCC[C@H](C)C5)[nH]c4=O)C3)c(C)c2c1. The van der Waals surface area contributed by atoms with Crippen molar-refractivity contribution < 1.29 is 4.74 Å². The highest BCUT2D eigenvalue weighted by atomic mass is 16.5. The molecule has 0 aliphatic carbocycles. The number of hydrogen-bond acceptors (Lipinski definition) is 5. The van der Waals surface area contributed by atoms with E-state index in [0.29, 0.717) is 12.5 Å². The molecule has 1 atom stereocenters. The van der Waals surface area contributed by atoms with E-state index in [1.807, 2.05) is 6.07 Å². The van der Waals surface area contributed by atoms with Crippen LogP contribution >= 0.6 is 0 Å². The number of piperidine rings is 1. The van der Waals surface area contributed by atoms with Gasteiger partial charge in [0.15, 0.2) is 0 Å². The van der Waals surface area contributed by atoms with E-state index < -0.39 is 0 Å². The Kier molecular flexibility index (Phi) is 5.22. The molecule has 3 aromatic rings. The lowest BCUT2D eigenvalue weighted by atomic mass is 10.0. The summed E-state index contributed by atoms with van der Waals surface area (Å²) >= 11 is 0. The Balaban J connectivity index is 1.38. The van der Waals surface area contributed by atoms with Crippen LogP contribution in [0.3, 0.4) is 0 Å². The van der Waals surface area contributed by atoms with Crippen molar-refractivity contribution in [2.45, 2.75) is 46.2 Å². The van der Waals surface area contributed by atoms with Gasteiger partial charge in [0.05, 0.1) is 12.8 Å². The molecule has 0 amide bonds. The van der Waals surface area contributed by atoms with Crippen LogP contribution in [0.5, 0.6) is 5.75 Å². The number of H-pyrrole nitrogens is 2. The Bertz CT molecular complexity index is 1160. The van der Waals surface area contributed by atoms with Gasteiger partial charge in [-0.1, -0.05) is 6.92 Å². The highest BCUT2D eigenvalue weighted by Crippen LogP contribution is 2.28. The van der Waals surface area contributed by atoms with Crippen LogP contribution in [0, 0.1) is 12.8 Å². The molecule has 2 aliphatic heterocycles. The molecular formula is C24H31N5O2. The largest absolute Gasteiger partial charge is 0.497 e. The molecule has 7 nitrogen and oxygen atoms in total. The van der Waals surface area contributed by atoms with Gasteiger partial charge in [-0.25, -0.2) is 4.98 Å². The van der Waals surface area contributed by atoms with E-state index in [2.05, 4.69) is 45.7 Å². The maximum atomic E-state index is 12.7. The van der Waals surface area contributed by atoms with Crippen LogP contribution in [0.1, 0.15) is 42.3 Å². The summed E-state index contributed by atoms with van der Waals surface area (Å²) in [7, 11) is 1.70. The molecule has 1 aromatic carbocycles. The number of anilines is 1. The van der Waals surface area contributed by atoms with Gasteiger partial charge in [-0.2, -0.15) is 0 Å². The molecule has 2 N–H and O–H groups in total. The molecule has 1 saturated heterocycles. The summed E-state index contributed by atoms with van der Waals surface area (Å²) in [6.45, 7) is 8.72. The lowest BCUT2D eigenvalue weighted by Gasteiger charge is -2.33. The fraction of sp³-hybridized carbons (Fsp3) is 0.500. The fourth-order valence-electron chi connectivity index (χ4n) is 5.02. The highest BCUT2D eigenvalue weighted by Gasteiger charge is 2.25. The van der Waals surface area contributed by atoms with Crippen molar-refractivity contribution in [1.29, 1.82) is 0 Å². The summed E-state index contributed by atoms with van der Waals surface area (Å²) in [5.41, 5.74) is 5.40. The minimum Gasteiger partial charge on any atom is -0.497 e. The van der Waals surface area contributed by atoms with E-state index in [1.165, 1.54) is 23.1 Å². The molecule has 0 saturated carbocycles. The number of aryl methyl sites for hydroxylation is 1. The summed E-state index contributed by atoms with van der Waals surface area (Å²) in [4.78, 5) is 28.9. The van der Waals surface area contributed by atoms with Crippen molar-refractivity contribution in [3.05, 3.63) is 51.1 Å². The third-order valence-corrected chi connectivity index (χ3v) is 6.85. The van der Waals surface area contributed by atoms with Gasteiger partial charge in [0.25, 0.3) is 5.56 Å². The van der Waals surface area contributed by atoms with E-state index in [1.54, 1.807) is 7.11 Å². The van der Waals surface area contributed by atoms with Crippen molar-refractivity contribution >= 4 is 16.9 Å². The molecule has 164 valence electrons. The Labute approximate surface area is 182 Å². The van der Waals surface area contributed by atoms with Gasteiger partial charge in [0, 0.05) is 54.9 Å². The van der Waals surface area contributed by atoms with Gasteiger partial charge < -0.3 is 14.6 Å². The number of nitrogens with one attached hydrogen (secondary N) is 2. The predicted octanol–water partition coefficient (Wildman–Crippen LogP) is 3.36. The predicted molar refractivity (Wildman–Crippen MR) is 123 cm³/mol. The second-order valence-electron chi connectivity index (χ2n) is 9.11. The Morgan fingerprint density at radius 2 is 2.13 bits per heavy atom. The molecule has 5 rings (SSSR count). The van der Waals surface area contributed by atoms with Gasteiger partial charge in [0.1, 0.15) is 5.75 Å². The molecular weight excluding hydrogens is 390 g/mol. The van der Waals surface area contributed by atoms with Crippen molar-refractivity contribution in [1.82, 2.24) is 19.9 Å². The summed E-state index contributed by atoms with van der Waals surface area (Å²) in [5, 5.41) is 1.20. The van der Waals surface area contributed by atoms with E-state index in [0.717, 1.165) is 67.5 Å². The van der Waals surface area contributed by atoms with Gasteiger partial charge >= 0.3 is 0 Å². The summed E-state index contributed by atoms with van der Waals surface area (Å²) in [6, 6.07) is 6.14. The first-order valence-corrected chi connectivity index (χ1v) is 11.3. The maximum Gasteiger partial charge on any atom is 0.255 e. The molecule has 7 heteroatoms. The average molecular weight is 422 g/mol. The lowest BCUT2D eigenvalue weighted by Crippen LogP contribution is -2.39. The van der Waals surface area contributed by atoms with Crippen LogP contribution in [0.4, 0.5) is 5.95 Å². The number of aromatic amines is 2.